The fourth-order valence-electron chi connectivity index (χ4n) is 4.43. The first-order valence-corrected chi connectivity index (χ1v) is 10.2. The molecule has 0 unspecified atom stereocenters. The molecule has 0 saturated heterocycles. The largest absolute Gasteiger partial charge is 0.348 e. The van der Waals surface area contributed by atoms with Crippen LogP contribution in [0.5, 0.6) is 0 Å². The lowest BCUT2D eigenvalue weighted by molar-refractivity contribution is -0.122. The van der Waals surface area contributed by atoms with Gasteiger partial charge in [-0.3, -0.25) is 9.69 Å². The van der Waals surface area contributed by atoms with Crippen LogP contribution in [0.15, 0.2) is 48.5 Å². The molecule has 0 saturated carbocycles. The van der Waals surface area contributed by atoms with Gasteiger partial charge in [0.15, 0.2) is 5.82 Å². The Morgan fingerprint density at radius 2 is 1.83 bits per heavy atom. The maximum Gasteiger partial charge on any atom is 0.242 e. The minimum atomic E-state index is -0.0516. The van der Waals surface area contributed by atoms with Gasteiger partial charge in [0.25, 0.3) is 0 Å². The average molecular weight is 388 g/mol. The van der Waals surface area contributed by atoms with Gasteiger partial charge >= 0.3 is 0 Å². The molecule has 0 spiro atoms. The molecule has 2 aliphatic rings. The number of benzene rings is 2. The quantitative estimate of drug-likeness (QED) is 0.724. The van der Waals surface area contributed by atoms with Crippen molar-refractivity contribution in [2.75, 3.05) is 6.54 Å². The zero-order valence-electron chi connectivity index (χ0n) is 16.3. The van der Waals surface area contributed by atoms with Crippen LogP contribution in [0, 0.1) is 0 Å². The lowest BCUT2D eigenvalue weighted by Crippen LogP contribution is -2.34. The first kappa shape index (κ1) is 18.0. The van der Waals surface area contributed by atoms with E-state index in [1.54, 1.807) is 4.68 Å². The van der Waals surface area contributed by atoms with Crippen molar-refractivity contribution in [1.82, 2.24) is 30.4 Å². The first-order valence-electron chi connectivity index (χ1n) is 10.2. The van der Waals surface area contributed by atoms with Gasteiger partial charge in [0, 0.05) is 13.1 Å². The molecule has 29 heavy (non-hydrogen) atoms. The van der Waals surface area contributed by atoms with Crippen molar-refractivity contribution in [3.63, 3.8) is 0 Å². The van der Waals surface area contributed by atoms with Gasteiger partial charge in [0.05, 0.1) is 12.6 Å². The van der Waals surface area contributed by atoms with Crippen LogP contribution in [0.25, 0.3) is 0 Å². The molecule has 2 aromatic carbocycles. The Bertz CT molecular complexity index is 1030. The highest BCUT2D eigenvalue weighted by atomic mass is 16.2. The van der Waals surface area contributed by atoms with Crippen LogP contribution in [-0.4, -0.2) is 37.6 Å². The molecule has 1 aromatic heterocycles. The summed E-state index contributed by atoms with van der Waals surface area (Å²) in [5.74, 6) is 0.676. The smallest absolute Gasteiger partial charge is 0.242 e. The summed E-state index contributed by atoms with van der Waals surface area (Å²) in [6, 6.07) is 16.9. The van der Waals surface area contributed by atoms with Crippen molar-refractivity contribution in [1.29, 1.82) is 0 Å². The maximum absolute atomic E-state index is 12.6. The third-order valence-corrected chi connectivity index (χ3v) is 5.94. The van der Waals surface area contributed by atoms with E-state index in [1.165, 1.54) is 22.3 Å². The Labute approximate surface area is 169 Å². The second-order valence-corrected chi connectivity index (χ2v) is 7.84. The van der Waals surface area contributed by atoms with Crippen molar-refractivity contribution < 1.29 is 4.79 Å². The number of carbonyl (C=O) groups excluding carboxylic acids is 1. The van der Waals surface area contributed by atoms with Gasteiger partial charge in [-0.25, -0.2) is 4.68 Å². The van der Waals surface area contributed by atoms with E-state index >= 15 is 0 Å². The molecule has 1 N–H and O–H groups in total. The Morgan fingerprint density at radius 3 is 2.72 bits per heavy atom. The fourth-order valence-corrected chi connectivity index (χ4v) is 4.43. The van der Waals surface area contributed by atoms with Crippen molar-refractivity contribution in [2.24, 2.45) is 0 Å². The van der Waals surface area contributed by atoms with Crippen LogP contribution in [0.4, 0.5) is 0 Å². The number of aromatic nitrogens is 4. The number of hydrogen-bond acceptors (Lipinski definition) is 5. The van der Waals surface area contributed by atoms with Gasteiger partial charge in [0.1, 0.15) is 6.54 Å². The van der Waals surface area contributed by atoms with Crippen LogP contribution >= 0.6 is 0 Å². The summed E-state index contributed by atoms with van der Waals surface area (Å²) in [5.41, 5.74) is 5.33. The minimum absolute atomic E-state index is 0.0516. The SMILES string of the molecule is O=C(Cn1nnnc1CN1CCc2ccccc2C1)N[C@H]1CCc2ccccc21. The average Bonchev–Trinajstić information content (AvgIpc) is 3.35. The van der Waals surface area contributed by atoms with Crippen LogP contribution in [0.3, 0.4) is 0 Å². The van der Waals surface area contributed by atoms with E-state index in [-0.39, 0.29) is 18.5 Å². The molecule has 0 fully saturated rings. The zero-order valence-corrected chi connectivity index (χ0v) is 16.3. The van der Waals surface area contributed by atoms with E-state index in [2.05, 4.69) is 68.2 Å². The number of aryl methyl sites for hydroxylation is 1. The van der Waals surface area contributed by atoms with E-state index in [4.69, 9.17) is 0 Å². The number of nitrogens with one attached hydrogen (secondary N) is 1. The predicted octanol–water partition coefficient (Wildman–Crippen LogP) is 2.04. The summed E-state index contributed by atoms with van der Waals surface area (Å²) in [6.07, 6.45) is 2.98. The molecule has 0 bridgehead atoms. The second-order valence-electron chi connectivity index (χ2n) is 7.84. The van der Waals surface area contributed by atoms with Gasteiger partial charge < -0.3 is 5.32 Å². The molecule has 3 aromatic rings. The highest BCUT2D eigenvalue weighted by molar-refractivity contribution is 5.76. The van der Waals surface area contributed by atoms with Gasteiger partial charge in [-0.1, -0.05) is 48.5 Å². The summed E-state index contributed by atoms with van der Waals surface area (Å²) >= 11 is 0. The standard InChI is InChI=1S/C22H24N6O/c29-22(23-20-10-9-17-6-3-4-8-19(17)20)15-28-21(24-25-26-28)14-27-12-11-16-5-1-2-7-18(16)13-27/h1-8,20H,9-15H2,(H,23,29)/t20-/m0/s1. The van der Waals surface area contributed by atoms with E-state index in [0.29, 0.717) is 6.54 Å². The third kappa shape index (κ3) is 3.78. The van der Waals surface area contributed by atoms with Crippen LogP contribution in [0.1, 0.15) is 40.5 Å². The molecule has 5 rings (SSSR count). The molecule has 2 heterocycles. The summed E-state index contributed by atoms with van der Waals surface area (Å²) < 4.78 is 1.62. The third-order valence-electron chi connectivity index (χ3n) is 5.94. The molecule has 7 heteroatoms. The van der Waals surface area contributed by atoms with Gasteiger partial charge in [-0.15, -0.1) is 5.10 Å². The normalized spacial score (nSPS) is 18.3. The van der Waals surface area contributed by atoms with E-state index in [9.17, 15) is 4.79 Å². The predicted molar refractivity (Wildman–Crippen MR) is 108 cm³/mol. The van der Waals surface area contributed by atoms with Crippen molar-refractivity contribution in [3.8, 4) is 0 Å². The first-order chi connectivity index (χ1) is 14.3. The zero-order chi connectivity index (χ0) is 19.6. The highest BCUT2D eigenvalue weighted by Gasteiger charge is 2.24. The van der Waals surface area contributed by atoms with Crippen molar-refractivity contribution in [2.45, 2.75) is 44.9 Å². The lowest BCUT2D eigenvalue weighted by atomic mass is 10.00. The lowest BCUT2D eigenvalue weighted by Gasteiger charge is -2.28. The number of carbonyl (C=O) groups is 1. The van der Waals surface area contributed by atoms with Gasteiger partial charge in [-0.05, 0) is 51.9 Å². The summed E-state index contributed by atoms with van der Waals surface area (Å²) in [7, 11) is 0. The van der Waals surface area contributed by atoms with Crippen molar-refractivity contribution in [3.05, 3.63) is 76.6 Å². The monoisotopic (exact) mass is 388 g/mol. The molecule has 1 amide bonds. The van der Waals surface area contributed by atoms with Crippen LogP contribution < -0.4 is 5.32 Å². The number of rotatable bonds is 5. The summed E-state index contributed by atoms with van der Waals surface area (Å²) in [5, 5.41) is 15.2. The number of tetrazole rings is 1. The Hall–Kier alpha value is -3.06. The molecule has 1 aliphatic heterocycles. The van der Waals surface area contributed by atoms with Crippen LogP contribution in [-0.2, 0) is 37.3 Å². The number of hydrogen-bond donors (Lipinski definition) is 1. The van der Waals surface area contributed by atoms with E-state index in [1.807, 2.05) is 6.07 Å². The van der Waals surface area contributed by atoms with E-state index in [0.717, 1.165) is 38.2 Å². The molecule has 0 radical (unpaired) electrons. The molecular weight excluding hydrogens is 364 g/mol. The topological polar surface area (TPSA) is 75.9 Å². The Kier molecular flexibility index (Phi) is 4.81. The summed E-state index contributed by atoms with van der Waals surface area (Å²) in [4.78, 5) is 15.0. The second kappa shape index (κ2) is 7.75. The van der Waals surface area contributed by atoms with Crippen LogP contribution in [0.2, 0.25) is 0 Å². The minimum Gasteiger partial charge on any atom is -0.348 e. The molecule has 1 aliphatic carbocycles. The summed E-state index contributed by atoms with van der Waals surface area (Å²) in [6.45, 7) is 2.63. The molecule has 1 atom stereocenters. The molecule has 148 valence electrons. The van der Waals surface area contributed by atoms with Gasteiger partial charge in [-0.2, -0.15) is 0 Å². The highest BCUT2D eigenvalue weighted by Crippen LogP contribution is 2.30. The van der Waals surface area contributed by atoms with Gasteiger partial charge in [0.2, 0.25) is 5.91 Å². The molecular formula is C22H24N6O. The van der Waals surface area contributed by atoms with E-state index < -0.39 is 0 Å². The Balaban J connectivity index is 1.22. The number of nitrogens with zero attached hydrogens (tertiary/aromatic N) is 5. The van der Waals surface area contributed by atoms with Crippen molar-refractivity contribution >= 4 is 5.91 Å². The number of fused-ring (bicyclic) bond motifs is 2. The number of amides is 1. The Morgan fingerprint density at radius 1 is 1.03 bits per heavy atom. The molecule has 7 nitrogen and oxygen atoms in total. The maximum atomic E-state index is 12.6. The fraction of sp³-hybridized carbons (Fsp3) is 0.364.